The van der Waals surface area contributed by atoms with Gasteiger partial charge in [-0.1, -0.05) is 0 Å². The Morgan fingerprint density at radius 3 is 1.95 bits per heavy atom. The molecule has 1 aliphatic heterocycles. The zero-order chi connectivity index (χ0) is 15.2. The van der Waals surface area contributed by atoms with E-state index in [2.05, 4.69) is 0 Å². The Morgan fingerprint density at radius 2 is 1.63 bits per heavy atom. The molecule has 1 heterocycles. The van der Waals surface area contributed by atoms with Crippen molar-refractivity contribution in [3.63, 3.8) is 0 Å². The topological polar surface area (TPSA) is 147 Å². The average Bonchev–Trinajstić information content (AvgIpc) is 2.77. The minimum atomic E-state index is -0.963. The van der Waals surface area contributed by atoms with Gasteiger partial charge in [-0.05, 0) is 26.7 Å². The van der Waals surface area contributed by atoms with Crippen molar-refractivity contribution in [1.82, 2.24) is 4.90 Å². The monoisotopic (exact) mass is 275 g/mol. The van der Waals surface area contributed by atoms with Crippen molar-refractivity contribution in [2.75, 3.05) is 6.54 Å². The highest BCUT2D eigenvalue weighted by molar-refractivity contribution is 5.87. The summed E-state index contributed by atoms with van der Waals surface area (Å²) in [5.41, 5.74) is 10.2. The maximum Gasteiger partial charge on any atom is 0.326 e. The second-order valence-electron chi connectivity index (χ2n) is 4.44. The van der Waals surface area contributed by atoms with Gasteiger partial charge in [-0.25, -0.2) is 4.79 Å². The standard InChI is InChI=1S/C8H14N2O3.C3H7NO2/c1-5(9)7(11)10-4-2-3-6(10)8(12)13;1-2(4)3(5)6/h5-6H,2-4,9H2,1H3,(H,12,13);2H,4H2,1H3,(H,5,6)/t5-,6-;2-/m00/s1. The van der Waals surface area contributed by atoms with Crippen molar-refractivity contribution in [2.24, 2.45) is 11.5 Å². The predicted molar refractivity (Wildman–Crippen MR) is 67.3 cm³/mol. The minimum absolute atomic E-state index is 0.273. The van der Waals surface area contributed by atoms with Gasteiger partial charge in [-0.3, -0.25) is 9.59 Å². The van der Waals surface area contributed by atoms with Gasteiger partial charge in [0, 0.05) is 6.54 Å². The van der Waals surface area contributed by atoms with Crippen molar-refractivity contribution in [2.45, 2.75) is 44.8 Å². The quantitative estimate of drug-likeness (QED) is 0.507. The molecular formula is C11H21N3O5. The van der Waals surface area contributed by atoms with E-state index in [0.717, 1.165) is 6.42 Å². The highest BCUT2D eigenvalue weighted by Crippen LogP contribution is 2.17. The molecule has 1 rings (SSSR count). The first kappa shape index (κ1) is 17.3. The van der Waals surface area contributed by atoms with Crippen LogP contribution in [0.15, 0.2) is 0 Å². The lowest BCUT2D eigenvalue weighted by Crippen LogP contribution is -2.47. The van der Waals surface area contributed by atoms with E-state index >= 15 is 0 Å². The van der Waals surface area contributed by atoms with Crippen molar-refractivity contribution >= 4 is 17.8 Å². The fourth-order valence-electron chi connectivity index (χ4n) is 1.55. The summed E-state index contributed by atoms with van der Waals surface area (Å²) in [4.78, 5) is 33.0. The van der Waals surface area contributed by atoms with Gasteiger partial charge < -0.3 is 26.6 Å². The zero-order valence-corrected chi connectivity index (χ0v) is 11.1. The molecule has 0 unspecified atom stereocenters. The molecule has 19 heavy (non-hydrogen) atoms. The molecule has 3 atom stereocenters. The zero-order valence-electron chi connectivity index (χ0n) is 11.1. The molecule has 110 valence electrons. The van der Waals surface area contributed by atoms with Crippen LogP contribution in [0.2, 0.25) is 0 Å². The van der Waals surface area contributed by atoms with E-state index in [4.69, 9.17) is 21.7 Å². The number of nitrogens with two attached hydrogens (primary N) is 2. The van der Waals surface area contributed by atoms with E-state index in [-0.39, 0.29) is 5.91 Å². The second kappa shape index (κ2) is 7.70. The van der Waals surface area contributed by atoms with E-state index in [9.17, 15) is 14.4 Å². The highest BCUT2D eigenvalue weighted by atomic mass is 16.4. The van der Waals surface area contributed by atoms with Gasteiger partial charge in [0.05, 0.1) is 6.04 Å². The van der Waals surface area contributed by atoms with Gasteiger partial charge >= 0.3 is 11.9 Å². The molecule has 6 N–H and O–H groups in total. The van der Waals surface area contributed by atoms with Crippen molar-refractivity contribution < 1.29 is 24.6 Å². The molecule has 8 nitrogen and oxygen atoms in total. The Hall–Kier alpha value is -1.67. The number of amides is 1. The summed E-state index contributed by atoms with van der Waals surface area (Å²) in [5, 5.41) is 16.6. The number of carbonyl (C=O) groups excluding carboxylic acids is 1. The van der Waals surface area contributed by atoms with Gasteiger partial charge in [-0.15, -0.1) is 0 Å². The Bertz CT molecular complexity index is 343. The SMILES string of the molecule is C[C@H](N)C(=O)N1CCC[C@H]1C(=O)O.C[C@H](N)C(=O)O. The van der Waals surface area contributed by atoms with Crippen LogP contribution in [0.25, 0.3) is 0 Å². The summed E-state index contributed by atoms with van der Waals surface area (Å²) in [6.07, 6.45) is 1.28. The highest BCUT2D eigenvalue weighted by Gasteiger charge is 2.34. The van der Waals surface area contributed by atoms with E-state index in [0.29, 0.717) is 13.0 Å². The number of aliphatic carboxylic acids is 2. The van der Waals surface area contributed by atoms with Gasteiger partial charge in [-0.2, -0.15) is 0 Å². The number of rotatable bonds is 3. The number of carboxylic acids is 2. The third kappa shape index (κ3) is 5.66. The van der Waals surface area contributed by atoms with Crippen molar-refractivity contribution in [3.8, 4) is 0 Å². The lowest BCUT2D eigenvalue weighted by molar-refractivity contribution is -0.148. The fraction of sp³-hybridized carbons (Fsp3) is 0.727. The van der Waals surface area contributed by atoms with E-state index in [1.165, 1.54) is 11.8 Å². The van der Waals surface area contributed by atoms with Gasteiger partial charge in [0.25, 0.3) is 0 Å². The first-order valence-corrected chi connectivity index (χ1v) is 5.95. The minimum Gasteiger partial charge on any atom is -0.480 e. The van der Waals surface area contributed by atoms with Crippen LogP contribution in [0, 0.1) is 0 Å². The summed E-state index contributed by atoms with van der Waals surface area (Å²) in [6.45, 7) is 3.50. The first-order valence-electron chi connectivity index (χ1n) is 5.95. The lowest BCUT2D eigenvalue weighted by Gasteiger charge is -2.22. The Balaban J connectivity index is 0.000000459. The maximum absolute atomic E-state index is 11.4. The number of hydrogen-bond donors (Lipinski definition) is 4. The summed E-state index contributed by atoms with van der Waals surface area (Å²) < 4.78 is 0. The third-order valence-corrected chi connectivity index (χ3v) is 2.60. The third-order valence-electron chi connectivity index (χ3n) is 2.60. The van der Waals surface area contributed by atoms with Crippen LogP contribution in [-0.2, 0) is 14.4 Å². The Kier molecular flexibility index (Phi) is 7.02. The largest absolute Gasteiger partial charge is 0.480 e. The molecule has 1 amide bonds. The summed E-state index contributed by atoms with van der Waals surface area (Å²) in [5.74, 6) is -2.17. The van der Waals surface area contributed by atoms with E-state index < -0.39 is 30.1 Å². The molecule has 1 aliphatic rings. The number of likely N-dealkylation sites (tertiary alicyclic amines) is 1. The molecule has 0 aromatic carbocycles. The molecule has 0 aromatic rings. The molecule has 0 bridgehead atoms. The molecule has 0 spiro atoms. The van der Waals surface area contributed by atoms with Crippen molar-refractivity contribution in [1.29, 1.82) is 0 Å². The summed E-state index contributed by atoms with van der Waals surface area (Å²) in [6, 6.07) is -2.01. The smallest absolute Gasteiger partial charge is 0.326 e. The normalized spacial score (nSPS) is 21.1. The average molecular weight is 275 g/mol. The lowest BCUT2D eigenvalue weighted by atomic mass is 10.2. The van der Waals surface area contributed by atoms with Gasteiger partial charge in [0.15, 0.2) is 0 Å². The Labute approximate surface area is 111 Å². The summed E-state index contributed by atoms with van der Waals surface area (Å²) >= 11 is 0. The molecular weight excluding hydrogens is 254 g/mol. The van der Waals surface area contributed by atoms with Crippen LogP contribution >= 0.6 is 0 Å². The first-order chi connectivity index (χ1) is 8.68. The van der Waals surface area contributed by atoms with Crippen LogP contribution in [0.1, 0.15) is 26.7 Å². The number of hydrogen-bond acceptors (Lipinski definition) is 5. The van der Waals surface area contributed by atoms with Crippen LogP contribution in [0.4, 0.5) is 0 Å². The van der Waals surface area contributed by atoms with Crippen LogP contribution in [0.5, 0.6) is 0 Å². The van der Waals surface area contributed by atoms with E-state index in [1.807, 2.05) is 0 Å². The van der Waals surface area contributed by atoms with Crippen LogP contribution in [-0.4, -0.2) is 57.6 Å². The molecule has 0 aliphatic carbocycles. The maximum atomic E-state index is 11.4. The van der Waals surface area contributed by atoms with Crippen molar-refractivity contribution in [3.05, 3.63) is 0 Å². The molecule has 1 saturated heterocycles. The van der Waals surface area contributed by atoms with Crippen LogP contribution < -0.4 is 11.5 Å². The summed E-state index contributed by atoms with van der Waals surface area (Å²) in [7, 11) is 0. The molecule has 0 aromatic heterocycles. The molecule has 0 saturated carbocycles. The Morgan fingerprint density at radius 1 is 1.16 bits per heavy atom. The van der Waals surface area contributed by atoms with Crippen LogP contribution in [0.3, 0.4) is 0 Å². The fourth-order valence-corrected chi connectivity index (χ4v) is 1.55. The predicted octanol–water partition coefficient (Wildman–Crippen LogP) is -1.17. The van der Waals surface area contributed by atoms with Gasteiger partial charge in [0.2, 0.25) is 5.91 Å². The van der Waals surface area contributed by atoms with Gasteiger partial charge in [0.1, 0.15) is 12.1 Å². The number of carbonyl (C=O) groups is 3. The number of carboxylic acid groups (broad SMARTS) is 2. The second-order valence-corrected chi connectivity index (χ2v) is 4.44. The molecule has 1 fully saturated rings. The van der Waals surface area contributed by atoms with E-state index in [1.54, 1.807) is 6.92 Å². The number of nitrogens with zero attached hydrogens (tertiary/aromatic N) is 1. The molecule has 0 radical (unpaired) electrons. The molecule has 8 heteroatoms.